The lowest BCUT2D eigenvalue weighted by Gasteiger charge is -2.25. The van der Waals surface area contributed by atoms with Crippen molar-refractivity contribution in [1.29, 1.82) is 0 Å². The minimum Gasteiger partial charge on any atom is -0.338 e. The Balaban J connectivity index is 1.52. The highest BCUT2D eigenvalue weighted by atomic mass is 32.1. The molecule has 1 N–H and O–H groups in total. The van der Waals surface area contributed by atoms with E-state index < -0.39 is 0 Å². The Morgan fingerprint density at radius 1 is 1.50 bits per heavy atom. The Kier molecular flexibility index (Phi) is 5.23. The molecule has 2 amide bonds. The highest BCUT2D eigenvalue weighted by Crippen LogP contribution is 2.34. The summed E-state index contributed by atoms with van der Waals surface area (Å²) in [6.45, 7) is 8.58. The first kappa shape index (κ1) is 17.0. The lowest BCUT2D eigenvalue weighted by atomic mass is 10.2. The summed E-state index contributed by atoms with van der Waals surface area (Å²) in [6, 6.07) is 6.58. The molecule has 0 aliphatic carbocycles. The molecule has 1 aliphatic heterocycles. The van der Waals surface area contributed by atoms with Crippen molar-refractivity contribution in [2.24, 2.45) is 5.92 Å². The number of urea groups is 1. The van der Waals surface area contributed by atoms with E-state index in [4.69, 9.17) is 0 Å². The third-order valence-electron chi connectivity index (χ3n) is 4.57. The maximum atomic E-state index is 12.6. The number of thiophene rings is 1. The Labute approximate surface area is 147 Å². The fourth-order valence-electron chi connectivity index (χ4n) is 3.37. The molecule has 0 bridgehead atoms. The maximum Gasteiger partial charge on any atom is 0.317 e. The quantitative estimate of drug-likeness (QED) is 0.896. The Hall–Kier alpha value is -1.82. The van der Waals surface area contributed by atoms with Gasteiger partial charge >= 0.3 is 6.03 Å². The molecule has 0 unspecified atom stereocenters. The van der Waals surface area contributed by atoms with E-state index in [1.54, 1.807) is 11.3 Å². The van der Waals surface area contributed by atoms with Crippen LogP contribution in [0.3, 0.4) is 0 Å². The fourth-order valence-corrected chi connectivity index (χ4v) is 4.24. The lowest BCUT2D eigenvalue weighted by Crippen LogP contribution is -2.41. The van der Waals surface area contributed by atoms with Crippen LogP contribution in [0.5, 0.6) is 0 Å². The van der Waals surface area contributed by atoms with E-state index in [-0.39, 0.29) is 12.1 Å². The van der Waals surface area contributed by atoms with Gasteiger partial charge in [-0.15, -0.1) is 11.3 Å². The third kappa shape index (κ3) is 3.80. The van der Waals surface area contributed by atoms with Gasteiger partial charge in [-0.05, 0) is 50.1 Å². The van der Waals surface area contributed by atoms with Crippen molar-refractivity contribution in [3.05, 3.63) is 39.8 Å². The Morgan fingerprint density at radius 3 is 3.00 bits per heavy atom. The number of carbonyl (C=O) groups is 1. The highest BCUT2D eigenvalue weighted by molar-refractivity contribution is 7.10. The molecule has 2 atom stereocenters. The SMILES string of the molecule is Cc1cc(C)n(C[C@H](C)CNC(=O)N2CCC[C@H]2c2cccs2)n1. The number of likely N-dealkylation sites (tertiary alicyclic amines) is 1. The van der Waals surface area contributed by atoms with Gasteiger partial charge in [-0.25, -0.2) is 4.79 Å². The molecule has 1 fully saturated rings. The summed E-state index contributed by atoms with van der Waals surface area (Å²) in [6.07, 6.45) is 2.15. The lowest BCUT2D eigenvalue weighted by molar-refractivity contribution is 0.191. The minimum atomic E-state index is 0.0612. The first-order valence-corrected chi connectivity index (χ1v) is 9.51. The van der Waals surface area contributed by atoms with Crippen LogP contribution >= 0.6 is 11.3 Å². The molecule has 5 nitrogen and oxygen atoms in total. The first-order valence-electron chi connectivity index (χ1n) is 8.63. The summed E-state index contributed by atoms with van der Waals surface area (Å²) in [5.74, 6) is 0.342. The summed E-state index contributed by atoms with van der Waals surface area (Å²) in [5, 5.41) is 9.69. The number of hydrogen-bond donors (Lipinski definition) is 1. The van der Waals surface area contributed by atoms with Gasteiger partial charge in [-0.3, -0.25) is 4.68 Å². The van der Waals surface area contributed by atoms with Crippen LogP contribution < -0.4 is 5.32 Å². The van der Waals surface area contributed by atoms with Crippen LogP contribution in [0.25, 0.3) is 0 Å². The van der Waals surface area contributed by atoms with Crippen LogP contribution in [0.2, 0.25) is 0 Å². The molecule has 6 heteroatoms. The van der Waals surface area contributed by atoms with Gasteiger partial charge in [0.15, 0.2) is 0 Å². The van der Waals surface area contributed by atoms with Crippen molar-refractivity contribution in [1.82, 2.24) is 20.0 Å². The highest BCUT2D eigenvalue weighted by Gasteiger charge is 2.30. The van der Waals surface area contributed by atoms with Gasteiger partial charge in [-0.2, -0.15) is 5.10 Å². The molecule has 2 aromatic rings. The Morgan fingerprint density at radius 2 is 2.33 bits per heavy atom. The molecule has 3 rings (SSSR count). The molecule has 0 spiro atoms. The van der Waals surface area contributed by atoms with Crippen LogP contribution in [-0.4, -0.2) is 33.8 Å². The Bertz CT molecular complexity index is 679. The number of hydrogen-bond acceptors (Lipinski definition) is 3. The van der Waals surface area contributed by atoms with Crippen molar-refractivity contribution in [3.63, 3.8) is 0 Å². The molecule has 1 aliphatic rings. The van der Waals surface area contributed by atoms with E-state index in [1.165, 1.54) is 10.6 Å². The van der Waals surface area contributed by atoms with E-state index in [0.29, 0.717) is 12.5 Å². The van der Waals surface area contributed by atoms with Crippen molar-refractivity contribution >= 4 is 17.4 Å². The van der Waals surface area contributed by atoms with Crippen molar-refractivity contribution in [2.75, 3.05) is 13.1 Å². The summed E-state index contributed by atoms with van der Waals surface area (Å²) in [5.41, 5.74) is 2.21. The molecule has 24 heavy (non-hydrogen) atoms. The summed E-state index contributed by atoms with van der Waals surface area (Å²) < 4.78 is 2.02. The average Bonchev–Trinajstić information content (AvgIpc) is 3.25. The summed E-state index contributed by atoms with van der Waals surface area (Å²) >= 11 is 1.74. The van der Waals surface area contributed by atoms with E-state index in [1.807, 2.05) is 16.5 Å². The topological polar surface area (TPSA) is 50.2 Å². The van der Waals surface area contributed by atoms with E-state index >= 15 is 0 Å². The smallest absolute Gasteiger partial charge is 0.317 e. The second-order valence-electron chi connectivity index (χ2n) is 6.77. The average molecular weight is 346 g/mol. The van der Waals surface area contributed by atoms with Gasteiger partial charge in [0.1, 0.15) is 0 Å². The van der Waals surface area contributed by atoms with Crippen molar-refractivity contribution in [3.8, 4) is 0 Å². The normalized spacial score (nSPS) is 18.8. The van der Waals surface area contributed by atoms with E-state index in [0.717, 1.165) is 31.6 Å². The molecule has 1 saturated heterocycles. The van der Waals surface area contributed by atoms with Gasteiger partial charge in [0.25, 0.3) is 0 Å². The molecular formula is C18H26N4OS. The van der Waals surface area contributed by atoms with Crippen LogP contribution in [-0.2, 0) is 6.54 Å². The molecule has 0 radical (unpaired) electrons. The van der Waals surface area contributed by atoms with Crippen LogP contribution in [0, 0.1) is 19.8 Å². The zero-order chi connectivity index (χ0) is 17.1. The largest absolute Gasteiger partial charge is 0.338 e. The standard InChI is InChI=1S/C18H26N4OS/c1-13(12-22-15(3)10-14(2)20-22)11-19-18(23)21-8-4-6-16(21)17-7-5-9-24-17/h5,7,9-10,13,16H,4,6,8,11-12H2,1-3H3,(H,19,23)/t13-,16+/m1/s1. The molecule has 0 saturated carbocycles. The second kappa shape index (κ2) is 7.38. The molecule has 130 valence electrons. The number of carbonyl (C=O) groups excluding carboxylic acids is 1. The number of nitrogens with zero attached hydrogens (tertiary/aromatic N) is 3. The number of aromatic nitrogens is 2. The van der Waals surface area contributed by atoms with Crippen LogP contribution in [0.4, 0.5) is 4.79 Å². The van der Waals surface area contributed by atoms with Gasteiger partial charge < -0.3 is 10.2 Å². The molecule has 3 heterocycles. The predicted molar refractivity (Wildman–Crippen MR) is 97.3 cm³/mol. The number of nitrogens with one attached hydrogen (secondary N) is 1. The molecule has 0 aromatic carbocycles. The fraction of sp³-hybridized carbons (Fsp3) is 0.556. The maximum absolute atomic E-state index is 12.6. The first-order chi connectivity index (χ1) is 11.5. The van der Waals surface area contributed by atoms with E-state index in [2.05, 4.69) is 47.8 Å². The molecular weight excluding hydrogens is 320 g/mol. The van der Waals surface area contributed by atoms with Gasteiger partial charge in [-0.1, -0.05) is 13.0 Å². The second-order valence-corrected chi connectivity index (χ2v) is 7.75. The third-order valence-corrected chi connectivity index (χ3v) is 5.55. The van der Waals surface area contributed by atoms with Crippen LogP contribution in [0.15, 0.2) is 23.6 Å². The van der Waals surface area contributed by atoms with Crippen molar-refractivity contribution < 1.29 is 4.79 Å². The van der Waals surface area contributed by atoms with Crippen molar-refractivity contribution in [2.45, 2.75) is 46.2 Å². The van der Waals surface area contributed by atoms with Gasteiger partial charge in [0, 0.05) is 30.2 Å². The van der Waals surface area contributed by atoms with Gasteiger partial charge in [0.05, 0.1) is 11.7 Å². The number of amides is 2. The zero-order valence-electron chi connectivity index (χ0n) is 14.7. The monoisotopic (exact) mass is 346 g/mol. The van der Waals surface area contributed by atoms with Gasteiger partial charge in [0.2, 0.25) is 0 Å². The summed E-state index contributed by atoms with van der Waals surface area (Å²) in [4.78, 5) is 15.9. The zero-order valence-corrected chi connectivity index (χ0v) is 15.5. The minimum absolute atomic E-state index is 0.0612. The number of aryl methyl sites for hydroxylation is 2. The van der Waals surface area contributed by atoms with Crippen LogP contribution in [0.1, 0.15) is 42.1 Å². The number of rotatable bonds is 5. The van der Waals surface area contributed by atoms with E-state index in [9.17, 15) is 4.79 Å². The molecule has 2 aromatic heterocycles. The predicted octanol–water partition coefficient (Wildman–Crippen LogP) is 3.74. The summed E-state index contributed by atoms with van der Waals surface area (Å²) in [7, 11) is 0.